The zero-order chi connectivity index (χ0) is 13.2. The molecule has 7 nitrogen and oxygen atoms in total. The third-order valence-corrected chi connectivity index (χ3v) is 3.81. The molecule has 1 aromatic heterocycles. The van der Waals surface area contributed by atoms with Crippen LogP contribution in [0.3, 0.4) is 0 Å². The number of carbonyl (C=O) groups is 2. The fraction of sp³-hybridized carbons (Fsp3) is 0.667. The molecule has 0 radical (unpaired) electrons. The normalized spacial score (nSPS) is 25.4. The highest BCUT2D eigenvalue weighted by atomic mass is 16.2. The summed E-state index contributed by atoms with van der Waals surface area (Å²) >= 11 is 0. The van der Waals surface area contributed by atoms with Crippen LogP contribution in [0.2, 0.25) is 0 Å². The molecule has 19 heavy (non-hydrogen) atoms. The Labute approximate surface area is 110 Å². The van der Waals surface area contributed by atoms with Crippen LogP contribution in [0.15, 0.2) is 6.20 Å². The molecular formula is C12H17N5O2. The zero-order valence-electron chi connectivity index (χ0n) is 10.6. The Morgan fingerprint density at radius 3 is 2.74 bits per heavy atom. The summed E-state index contributed by atoms with van der Waals surface area (Å²) in [6.07, 6.45) is 4.82. The second kappa shape index (κ2) is 5.08. The number of hydrogen-bond acceptors (Lipinski definition) is 5. The Balaban J connectivity index is 1.73. The van der Waals surface area contributed by atoms with E-state index in [1.54, 1.807) is 4.68 Å². The van der Waals surface area contributed by atoms with E-state index in [4.69, 9.17) is 0 Å². The molecule has 1 atom stereocenters. The third-order valence-electron chi connectivity index (χ3n) is 3.81. The molecule has 1 aromatic rings. The van der Waals surface area contributed by atoms with E-state index in [2.05, 4.69) is 20.9 Å². The summed E-state index contributed by atoms with van der Waals surface area (Å²) in [6, 6.07) is -0.402. The summed E-state index contributed by atoms with van der Waals surface area (Å²) in [6.45, 7) is 1.99. The quantitative estimate of drug-likeness (QED) is 0.717. The molecule has 2 N–H and O–H groups in total. The van der Waals surface area contributed by atoms with Crippen molar-refractivity contribution in [2.45, 2.75) is 37.6 Å². The Hall–Kier alpha value is -1.76. The summed E-state index contributed by atoms with van der Waals surface area (Å²) < 4.78 is 1.60. The Morgan fingerprint density at radius 1 is 1.21 bits per heavy atom. The summed E-state index contributed by atoms with van der Waals surface area (Å²) in [4.78, 5) is 22.9. The second-order valence-electron chi connectivity index (χ2n) is 5.11. The van der Waals surface area contributed by atoms with Crippen molar-refractivity contribution in [3.05, 3.63) is 11.9 Å². The maximum Gasteiger partial charge on any atom is 0.251 e. The largest absolute Gasteiger partial charge is 0.317 e. The highest BCUT2D eigenvalue weighted by Crippen LogP contribution is 2.25. The Bertz CT molecular complexity index is 492. The van der Waals surface area contributed by atoms with Gasteiger partial charge in [0.25, 0.3) is 5.91 Å². The van der Waals surface area contributed by atoms with E-state index in [-0.39, 0.29) is 11.8 Å². The van der Waals surface area contributed by atoms with Crippen LogP contribution in [0.4, 0.5) is 0 Å². The van der Waals surface area contributed by atoms with Gasteiger partial charge in [-0.3, -0.25) is 14.9 Å². The van der Waals surface area contributed by atoms with Gasteiger partial charge in [0.2, 0.25) is 5.91 Å². The van der Waals surface area contributed by atoms with E-state index in [9.17, 15) is 9.59 Å². The maximum absolute atomic E-state index is 11.8. The van der Waals surface area contributed by atoms with Crippen molar-refractivity contribution in [3.8, 4) is 0 Å². The van der Waals surface area contributed by atoms with Gasteiger partial charge in [0.15, 0.2) is 0 Å². The van der Waals surface area contributed by atoms with E-state index in [0.717, 1.165) is 31.6 Å². The van der Waals surface area contributed by atoms with Crippen LogP contribution in [0.1, 0.15) is 43.3 Å². The number of rotatable bonds is 2. The number of imide groups is 1. The van der Waals surface area contributed by atoms with Crippen molar-refractivity contribution in [1.29, 1.82) is 0 Å². The number of nitrogens with zero attached hydrogens (tertiary/aromatic N) is 3. The number of carbonyl (C=O) groups excluding carboxylic acids is 2. The topological polar surface area (TPSA) is 88.9 Å². The van der Waals surface area contributed by atoms with Crippen LogP contribution in [0.5, 0.6) is 0 Å². The first-order chi connectivity index (χ1) is 9.24. The molecular weight excluding hydrogens is 246 g/mol. The SMILES string of the molecule is O=C1CCC(n2cc(C3CCNCC3)nn2)C(=O)N1. The number of amides is 2. The molecule has 0 saturated carbocycles. The molecule has 2 saturated heterocycles. The van der Waals surface area contributed by atoms with E-state index < -0.39 is 6.04 Å². The average Bonchev–Trinajstić information content (AvgIpc) is 2.89. The molecule has 3 heterocycles. The monoisotopic (exact) mass is 263 g/mol. The number of piperidine rings is 2. The van der Waals surface area contributed by atoms with Gasteiger partial charge in [-0.2, -0.15) is 0 Å². The smallest absolute Gasteiger partial charge is 0.251 e. The van der Waals surface area contributed by atoms with Gasteiger partial charge in [-0.1, -0.05) is 5.21 Å². The molecule has 0 aliphatic carbocycles. The van der Waals surface area contributed by atoms with E-state index in [1.165, 1.54) is 0 Å². The standard InChI is InChI=1S/C12H17N5O2/c18-11-2-1-10(12(19)14-11)17-7-9(15-16-17)8-3-5-13-6-4-8/h7-8,10,13H,1-6H2,(H,14,18,19). The van der Waals surface area contributed by atoms with Crippen LogP contribution >= 0.6 is 0 Å². The van der Waals surface area contributed by atoms with Gasteiger partial charge >= 0.3 is 0 Å². The number of aromatic nitrogens is 3. The van der Waals surface area contributed by atoms with Crippen molar-refractivity contribution in [2.75, 3.05) is 13.1 Å². The maximum atomic E-state index is 11.8. The first-order valence-corrected chi connectivity index (χ1v) is 6.70. The van der Waals surface area contributed by atoms with Gasteiger partial charge in [0, 0.05) is 18.5 Å². The molecule has 2 aliphatic rings. The minimum atomic E-state index is -0.402. The van der Waals surface area contributed by atoms with Crippen LogP contribution < -0.4 is 10.6 Å². The van der Waals surface area contributed by atoms with Crippen molar-refractivity contribution < 1.29 is 9.59 Å². The zero-order valence-corrected chi connectivity index (χ0v) is 10.6. The lowest BCUT2D eigenvalue weighted by molar-refractivity contribution is -0.136. The number of hydrogen-bond donors (Lipinski definition) is 2. The van der Waals surface area contributed by atoms with Crippen LogP contribution in [-0.4, -0.2) is 39.9 Å². The van der Waals surface area contributed by atoms with E-state index >= 15 is 0 Å². The number of nitrogens with one attached hydrogen (secondary N) is 2. The molecule has 7 heteroatoms. The van der Waals surface area contributed by atoms with E-state index in [0.29, 0.717) is 18.8 Å². The first-order valence-electron chi connectivity index (χ1n) is 6.70. The highest BCUT2D eigenvalue weighted by Gasteiger charge is 2.29. The fourth-order valence-electron chi connectivity index (χ4n) is 2.68. The molecule has 1 unspecified atom stereocenters. The fourth-order valence-corrected chi connectivity index (χ4v) is 2.68. The van der Waals surface area contributed by atoms with Gasteiger partial charge in [0.1, 0.15) is 6.04 Å². The van der Waals surface area contributed by atoms with Gasteiger partial charge in [-0.15, -0.1) is 5.10 Å². The highest BCUT2D eigenvalue weighted by molar-refractivity contribution is 5.99. The third kappa shape index (κ3) is 2.51. The molecule has 102 valence electrons. The second-order valence-corrected chi connectivity index (χ2v) is 5.11. The van der Waals surface area contributed by atoms with Crippen molar-refractivity contribution in [2.24, 2.45) is 0 Å². The Kier molecular flexibility index (Phi) is 3.29. The van der Waals surface area contributed by atoms with Crippen molar-refractivity contribution >= 4 is 11.8 Å². The molecule has 2 fully saturated rings. The minimum Gasteiger partial charge on any atom is -0.317 e. The van der Waals surface area contributed by atoms with Crippen molar-refractivity contribution in [1.82, 2.24) is 25.6 Å². The lowest BCUT2D eigenvalue weighted by Crippen LogP contribution is -2.41. The van der Waals surface area contributed by atoms with Gasteiger partial charge in [0.05, 0.1) is 5.69 Å². The van der Waals surface area contributed by atoms with Crippen LogP contribution in [0.25, 0.3) is 0 Å². The van der Waals surface area contributed by atoms with Gasteiger partial charge < -0.3 is 5.32 Å². The summed E-state index contributed by atoms with van der Waals surface area (Å²) in [7, 11) is 0. The lowest BCUT2D eigenvalue weighted by Gasteiger charge is -2.21. The molecule has 3 rings (SSSR count). The van der Waals surface area contributed by atoms with Crippen LogP contribution in [0, 0.1) is 0 Å². The molecule has 0 spiro atoms. The molecule has 0 aromatic carbocycles. The molecule has 2 amide bonds. The summed E-state index contributed by atoms with van der Waals surface area (Å²) in [5.74, 6) is -0.0683. The van der Waals surface area contributed by atoms with Gasteiger partial charge in [-0.05, 0) is 32.4 Å². The first kappa shape index (κ1) is 12.3. The summed E-state index contributed by atoms with van der Waals surface area (Å²) in [5, 5.41) is 13.9. The Morgan fingerprint density at radius 2 is 2.00 bits per heavy atom. The lowest BCUT2D eigenvalue weighted by atomic mass is 9.95. The molecule has 0 bridgehead atoms. The minimum absolute atomic E-state index is 0.208. The predicted molar refractivity (Wildman–Crippen MR) is 66.3 cm³/mol. The predicted octanol–water partition coefficient (Wildman–Crippen LogP) is -0.277. The van der Waals surface area contributed by atoms with Gasteiger partial charge in [-0.25, -0.2) is 4.68 Å². The summed E-state index contributed by atoms with van der Waals surface area (Å²) in [5.41, 5.74) is 0.950. The average molecular weight is 263 g/mol. The van der Waals surface area contributed by atoms with Crippen molar-refractivity contribution in [3.63, 3.8) is 0 Å². The molecule has 2 aliphatic heterocycles. The van der Waals surface area contributed by atoms with E-state index in [1.807, 2.05) is 6.20 Å². The van der Waals surface area contributed by atoms with Crippen LogP contribution in [-0.2, 0) is 9.59 Å².